The van der Waals surface area contributed by atoms with Crippen molar-refractivity contribution >= 4 is 27.4 Å². The Bertz CT molecular complexity index is 466. The van der Waals surface area contributed by atoms with E-state index >= 15 is 0 Å². The van der Waals surface area contributed by atoms with Crippen LogP contribution in [-0.2, 0) is 9.32 Å². The maximum atomic E-state index is 9.03. The Morgan fingerprint density at radius 2 is 2.09 bits per heavy atom. The van der Waals surface area contributed by atoms with Gasteiger partial charge in [-0.15, -0.1) is 0 Å². The summed E-state index contributed by atoms with van der Waals surface area (Å²) in [7, 11) is -0.710. The Balaban J connectivity index is 0.000000241. The molecule has 1 aliphatic carbocycles. The van der Waals surface area contributed by atoms with E-state index in [9.17, 15) is 0 Å². The highest BCUT2D eigenvalue weighted by molar-refractivity contribution is 7.25. The minimum absolute atomic E-state index is 0.193. The van der Waals surface area contributed by atoms with E-state index in [0.717, 1.165) is 12.4 Å². The molecule has 3 rings (SSSR count). The first kappa shape index (κ1) is 19.5. The molecule has 0 radical (unpaired) electrons. The van der Waals surface area contributed by atoms with E-state index in [2.05, 4.69) is 32.9 Å². The maximum absolute atomic E-state index is 9.03. The number of nitrogens with zero attached hydrogens (tertiary/aromatic N) is 3. The SMILES string of the molecule is C1CCC1.C=Cc1nccc(N2CCCC2C)n1.O=COPO. The molecular formula is C16H26N3O3P. The van der Waals surface area contributed by atoms with Crippen molar-refractivity contribution in [3.63, 3.8) is 0 Å². The number of hydrogen-bond acceptors (Lipinski definition) is 6. The van der Waals surface area contributed by atoms with Crippen molar-refractivity contribution in [1.29, 1.82) is 0 Å². The van der Waals surface area contributed by atoms with E-state index in [1.54, 1.807) is 12.3 Å². The highest BCUT2D eigenvalue weighted by Crippen LogP contribution is 2.22. The topological polar surface area (TPSA) is 75.6 Å². The van der Waals surface area contributed by atoms with Gasteiger partial charge >= 0.3 is 0 Å². The van der Waals surface area contributed by atoms with Crippen LogP contribution in [0.3, 0.4) is 0 Å². The molecule has 1 N–H and O–H groups in total. The third-order valence-corrected chi connectivity index (χ3v) is 3.99. The van der Waals surface area contributed by atoms with Gasteiger partial charge < -0.3 is 14.3 Å². The molecule has 1 aliphatic heterocycles. The molecule has 23 heavy (non-hydrogen) atoms. The summed E-state index contributed by atoms with van der Waals surface area (Å²) >= 11 is 0. The van der Waals surface area contributed by atoms with Crippen LogP contribution in [0.2, 0.25) is 0 Å². The lowest BCUT2D eigenvalue weighted by molar-refractivity contribution is -0.120. The fourth-order valence-electron chi connectivity index (χ4n) is 2.17. The summed E-state index contributed by atoms with van der Waals surface area (Å²) in [6.07, 6.45) is 12.0. The van der Waals surface area contributed by atoms with Gasteiger partial charge in [0, 0.05) is 18.8 Å². The quantitative estimate of drug-likeness (QED) is 0.670. The monoisotopic (exact) mass is 339 g/mol. The van der Waals surface area contributed by atoms with Gasteiger partial charge in [0.1, 0.15) is 5.82 Å². The van der Waals surface area contributed by atoms with Crippen LogP contribution in [0.5, 0.6) is 0 Å². The summed E-state index contributed by atoms with van der Waals surface area (Å²) in [5, 5.41) is 0. The van der Waals surface area contributed by atoms with Gasteiger partial charge in [0.25, 0.3) is 6.47 Å². The van der Waals surface area contributed by atoms with Crippen molar-refractivity contribution in [2.45, 2.75) is 51.5 Å². The van der Waals surface area contributed by atoms with Gasteiger partial charge in [-0.05, 0) is 31.9 Å². The van der Waals surface area contributed by atoms with Crippen molar-refractivity contribution in [3.05, 3.63) is 24.7 Å². The Hall–Kier alpha value is -1.52. The maximum Gasteiger partial charge on any atom is 0.297 e. The van der Waals surface area contributed by atoms with Crippen LogP contribution in [0.1, 0.15) is 51.3 Å². The molecule has 6 nitrogen and oxygen atoms in total. The van der Waals surface area contributed by atoms with E-state index in [4.69, 9.17) is 9.69 Å². The molecule has 1 saturated carbocycles. The first-order chi connectivity index (χ1) is 11.2. The molecule has 7 heteroatoms. The Kier molecular flexibility index (Phi) is 10.2. The van der Waals surface area contributed by atoms with E-state index in [0.29, 0.717) is 11.9 Å². The van der Waals surface area contributed by atoms with Crippen LogP contribution in [0.15, 0.2) is 18.8 Å². The number of carbonyl (C=O) groups excluding carboxylic acids is 1. The zero-order chi connectivity index (χ0) is 16.9. The third-order valence-electron chi connectivity index (χ3n) is 3.79. The molecule has 2 unspecified atom stereocenters. The summed E-state index contributed by atoms with van der Waals surface area (Å²) in [5.41, 5.74) is 0. The fourth-order valence-corrected chi connectivity index (χ4v) is 2.21. The Morgan fingerprint density at radius 1 is 1.39 bits per heavy atom. The molecule has 1 aromatic rings. The minimum Gasteiger partial charge on any atom is -0.422 e. The molecule has 2 heterocycles. The van der Waals surface area contributed by atoms with Crippen LogP contribution >= 0.6 is 9.03 Å². The average Bonchev–Trinajstić information content (AvgIpc) is 2.93. The molecule has 1 aromatic heterocycles. The van der Waals surface area contributed by atoms with Gasteiger partial charge in [0.05, 0.1) is 0 Å². The largest absolute Gasteiger partial charge is 0.422 e. The van der Waals surface area contributed by atoms with Crippen LogP contribution in [0, 0.1) is 0 Å². The van der Waals surface area contributed by atoms with Crippen molar-refractivity contribution in [2.75, 3.05) is 11.4 Å². The van der Waals surface area contributed by atoms with E-state index in [1.165, 1.54) is 38.5 Å². The van der Waals surface area contributed by atoms with Gasteiger partial charge in [-0.1, -0.05) is 32.3 Å². The molecule has 128 valence electrons. The second-order valence-electron chi connectivity index (χ2n) is 5.38. The summed E-state index contributed by atoms with van der Waals surface area (Å²) in [6.45, 7) is 7.21. The summed E-state index contributed by atoms with van der Waals surface area (Å²) < 4.78 is 3.74. The average molecular weight is 339 g/mol. The smallest absolute Gasteiger partial charge is 0.297 e. The number of carbonyl (C=O) groups is 1. The summed E-state index contributed by atoms with van der Waals surface area (Å²) in [6, 6.07) is 2.57. The van der Waals surface area contributed by atoms with Crippen LogP contribution < -0.4 is 4.90 Å². The normalized spacial score (nSPS) is 19.0. The van der Waals surface area contributed by atoms with E-state index in [-0.39, 0.29) is 6.47 Å². The Labute approximate surface area is 139 Å². The predicted molar refractivity (Wildman–Crippen MR) is 94.3 cm³/mol. The number of hydrogen-bond donors (Lipinski definition) is 1. The van der Waals surface area contributed by atoms with Crippen LogP contribution in [-0.4, -0.2) is 33.9 Å². The van der Waals surface area contributed by atoms with Gasteiger partial charge in [0.2, 0.25) is 9.03 Å². The highest BCUT2D eigenvalue weighted by atomic mass is 31.1. The molecule has 0 bridgehead atoms. The fraction of sp³-hybridized carbons (Fsp3) is 0.562. The van der Waals surface area contributed by atoms with Crippen molar-refractivity contribution in [2.24, 2.45) is 0 Å². The van der Waals surface area contributed by atoms with Gasteiger partial charge in [-0.3, -0.25) is 4.79 Å². The molecule has 0 spiro atoms. The standard InChI is InChI=1S/C11H15N3.C4H8.CH3O3P/c1-3-10-12-7-6-11(13-10)14-8-4-5-9(14)2;1-2-4-3-1;2-1-4-5-3/h3,6-7,9H,1,4-5,8H2,2H3;1-4H2;1,3,5H. The lowest BCUT2D eigenvalue weighted by atomic mass is 10.0. The highest BCUT2D eigenvalue weighted by Gasteiger charge is 2.21. The second kappa shape index (κ2) is 12.0. The van der Waals surface area contributed by atoms with Crippen LogP contribution in [0.4, 0.5) is 5.82 Å². The molecule has 1 saturated heterocycles. The van der Waals surface area contributed by atoms with Gasteiger partial charge in [-0.2, -0.15) is 0 Å². The third kappa shape index (κ3) is 7.53. The zero-order valence-electron chi connectivity index (χ0n) is 13.6. The molecule has 0 amide bonds. The van der Waals surface area contributed by atoms with Gasteiger partial charge in [0.15, 0.2) is 5.82 Å². The molecule has 0 aromatic carbocycles. The van der Waals surface area contributed by atoms with E-state index < -0.39 is 9.03 Å². The predicted octanol–water partition coefficient (Wildman–Crippen LogP) is 3.33. The molecule has 2 aliphatic rings. The molecule has 2 fully saturated rings. The van der Waals surface area contributed by atoms with Gasteiger partial charge in [-0.25, -0.2) is 9.97 Å². The molecule has 2 atom stereocenters. The lowest BCUT2D eigenvalue weighted by Gasteiger charge is -2.22. The second-order valence-corrected chi connectivity index (χ2v) is 5.80. The summed E-state index contributed by atoms with van der Waals surface area (Å²) in [5.74, 6) is 1.74. The minimum atomic E-state index is -0.710. The van der Waals surface area contributed by atoms with Crippen molar-refractivity contribution < 1.29 is 14.2 Å². The summed E-state index contributed by atoms with van der Waals surface area (Å²) in [4.78, 5) is 27.5. The first-order valence-electron chi connectivity index (χ1n) is 7.93. The van der Waals surface area contributed by atoms with E-state index in [1.807, 2.05) is 6.07 Å². The first-order valence-corrected chi connectivity index (χ1v) is 8.79. The van der Waals surface area contributed by atoms with Crippen molar-refractivity contribution in [1.82, 2.24) is 9.97 Å². The lowest BCUT2D eigenvalue weighted by Crippen LogP contribution is -2.27. The van der Waals surface area contributed by atoms with Crippen molar-refractivity contribution in [3.8, 4) is 0 Å². The van der Waals surface area contributed by atoms with Crippen LogP contribution in [0.25, 0.3) is 6.08 Å². The number of rotatable bonds is 4. The number of anilines is 1. The molecular weight excluding hydrogens is 313 g/mol. The zero-order valence-corrected chi connectivity index (χ0v) is 14.6. The number of aromatic nitrogens is 2. The Morgan fingerprint density at radius 3 is 2.48 bits per heavy atom.